The fourth-order valence-electron chi connectivity index (χ4n) is 1.34. The smallest absolute Gasteiger partial charge is 0.161 e. The summed E-state index contributed by atoms with van der Waals surface area (Å²) in [6, 6.07) is 4.77. The highest BCUT2D eigenvalue weighted by atomic mass is 16.5. The topological polar surface area (TPSA) is 75.7 Å². The van der Waals surface area contributed by atoms with Crippen molar-refractivity contribution in [2.45, 2.75) is 19.4 Å². The zero-order valence-corrected chi connectivity index (χ0v) is 8.81. The van der Waals surface area contributed by atoms with E-state index >= 15 is 0 Å². The van der Waals surface area contributed by atoms with Crippen molar-refractivity contribution in [2.75, 3.05) is 13.2 Å². The lowest BCUT2D eigenvalue weighted by Crippen LogP contribution is -2.12. The Morgan fingerprint density at radius 2 is 2.20 bits per heavy atom. The molecule has 4 nitrogen and oxygen atoms in total. The van der Waals surface area contributed by atoms with Crippen molar-refractivity contribution in [1.29, 1.82) is 0 Å². The maximum absolute atomic E-state index is 9.46. The first kappa shape index (κ1) is 11.8. The van der Waals surface area contributed by atoms with Gasteiger partial charge in [0.25, 0.3) is 0 Å². The molecule has 4 heteroatoms. The quantitative estimate of drug-likeness (QED) is 0.683. The summed E-state index contributed by atoms with van der Waals surface area (Å²) >= 11 is 0. The van der Waals surface area contributed by atoms with Crippen molar-refractivity contribution in [3.05, 3.63) is 23.8 Å². The summed E-state index contributed by atoms with van der Waals surface area (Å²) in [5.74, 6) is 0.542. The van der Waals surface area contributed by atoms with Gasteiger partial charge >= 0.3 is 0 Å². The minimum atomic E-state index is -0.227. The molecule has 0 heterocycles. The number of aliphatic hydroxyl groups is 1. The molecule has 1 rings (SSSR count). The predicted molar refractivity (Wildman–Crippen MR) is 57.9 cm³/mol. The standard InChI is InChI=1S/C11H17NO3/c1-2-15-11-7-8(3-4-10(11)14)9(12)5-6-13/h3-4,7,9,13-14H,2,5-6,12H2,1H3/t9-/m1/s1. The molecule has 0 aliphatic carbocycles. The molecular weight excluding hydrogens is 194 g/mol. The van der Waals surface area contributed by atoms with E-state index in [9.17, 15) is 5.11 Å². The molecule has 0 unspecified atom stereocenters. The Morgan fingerprint density at radius 1 is 1.47 bits per heavy atom. The highest BCUT2D eigenvalue weighted by Gasteiger charge is 2.09. The minimum absolute atomic E-state index is 0.0476. The van der Waals surface area contributed by atoms with E-state index in [4.69, 9.17) is 15.6 Å². The van der Waals surface area contributed by atoms with Crippen LogP contribution in [0, 0.1) is 0 Å². The molecule has 0 saturated heterocycles. The number of hydrogen-bond donors (Lipinski definition) is 3. The summed E-state index contributed by atoms with van der Waals surface area (Å²) in [6.45, 7) is 2.39. The zero-order chi connectivity index (χ0) is 11.3. The molecule has 0 spiro atoms. The number of ether oxygens (including phenoxy) is 1. The van der Waals surface area contributed by atoms with E-state index in [2.05, 4.69) is 0 Å². The van der Waals surface area contributed by atoms with Gasteiger partial charge in [-0.05, 0) is 31.0 Å². The largest absolute Gasteiger partial charge is 0.504 e. The van der Waals surface area contributed by atoms with Crippen LogP contribution in [0.3, 0.4) is 0 Å². The fourth-order valence-corrected chi connectivity index (χ4v) is 1.34. The van der Waals surface area contributed by atoms with Crippen LogP contribution in [0.5, 0.6) is 11.5 Å². The Bertz CT molecular complexity index is 315. The van der Waals surface area contributed by atoms with E-state index in [0.29, 0.717) is 18.8 Å². The Balaban J connectivity index is 2.86. The Hall–Kier alpha value is -1.26. The van der Waals surface area contributed by atoms with Crippen LogP contribution in [0.4, 0.5) is 0 Å². The van der Waals surface area contributed by atoms with Crippen molar-refractivity contribution < 1.29 is 14.9 Å². The van der Waals surface area contributed by atoms with Crippen LogP contribution in [-0.2, 0) is 0 Å². The first-order valence-electron chi connectivity index (χ1n) is 5.01. The summed E-state index contributed by atoms with van der Waals surface area (Å²) in [4.78, 5) is 0. The van der Waals surface area contributed by atoms with Gasteiger partial charge in [0.1, 0.15) is 0 Å². The van der Waals surface area contributed by atoms with Crippen molar-refractivity contribution in [3.8, 4) is 11.5 Å². The molecule has 1 atom stereocenters. The van der Waals surface area contributed by atoms with E-state index in [0.717, 1.165) is 5.56 Å². The lowest BCUT2D eigenvalue weighted by atomic mass is 10.0. The molecule has 0 aromatic heterocycles. The van der Waals surface area contributed by atoms with Crippen molar-refractivity contribution in [2.24, 2.45) is 5.73 Å². The third-order valence-electron chi connectivity index (χ3n) is 2.15. The highest BCUT2D eigenvalue weighted by Crippen LogP contribution is 2.29. The third-order valence-corrected chi connectivity index (χ3v) is 2.15. The molecule has 0 aliphatic rings. The Labute approximate surface area is 89.3 Å². The van der Waals surface area contributed by atoms with Crippen LogP contribution < -0.4 is 10.5 Å². The maximum atomic E-state index is 9.46. The van der Waals surface area contributed by atoms with E-state index in [1.165, 1.54) is 0 Å². The SMILES string of the molecule is CCOc1cc([C@H](N)CCO)ccc1O. The fraction of sp³-hybridized carbons (Fsp3) is 0.455. The van der Waals surface area contributed by atoms with Crippen LogP contribution >= 0.6 is 0 Å². The van der Waals surface area contributed by atoms with Gasteiger partial charge in [0, 0.05) is 12.6 Å². The lowest BCUT2D eigenvalue weighted by Gasteiger charge is -2.13. The second-order valence-corrected chi connectivity index (χ2v) is 3.28. The van der Waals surface area contributed by atoms with Crippen LogP contribution in [0.15, 0.2) is 18.2 Å². The highest BCUT2D eigenvalue weighted by molar-refractivity contribution is 5.42. The molecule has 84 valence electrons. The van der Waals surface area contributed by atoms with Gasteiger partial charge < -0.3 is 20.7 Å². The predicted octanol–water partition coefficient (Wildman–Crippen LogP) is 1.17. The van der Waals surface area contributed by atoms with Crippen LogP contribution in [-0.4, -0.2) is 23.4 Å². The van der Waals surface area contributed by atoms with Gasteiger partial charge in [-0.1, -0.05) is 6.07 Å². The van der Waals surface area contributed by atoms with Gasteiger partial charge in [0.15, 0.2) is 11.5 Å². The van der Waals surface area contributed by atoms with Crippen LogP contribution in [0.25, 0.3) is 0 Å². The summed E-state index contributed by atoms with van der Waals surface area (Å²) in [7, 11) is 0. The molecule has 4 N–H and O–H groups in total. The number of aliphatic hydroxyl groups excluding tert-OH is 1. The summed E-state index contributed by atoms with van der Waals surface area (Å²) in [5, 5.41) is 18.2. The number of phenols is 1. The molecule has 0 bridgehead atoms. The first-order chi connectivity index (χ1) is 7.19. The first-order valence-corrected chi connectivity index (χ1v) is 5.01. The van der Waals surface area contributed by atoms with Crippen molar-refractivity contribution in [3.63, 3.8) is 0 Å². The zero-order valence-electron chi connectivity index (χ0n) is 8.81. The maximum Gasteiger partial charge on any atom is 0.161 e. The van der Waals surface area contributed by atoms with Gasteiger partial charge in [0.05, 0.1) is 6.61 Å². The van der Waals surface area contributed by atoms with E-state index < -0.39 is 0 Å². The molecule has 1 aromatic rings. The van der Waals surface area contributed by atoms with Crippen LogP contribution in [0.2, 0.25) is 0 Å². The molecule has 15 heavy (non-hydrogen) atoms. The summed E-state index contributed by atoms with van der Waals surface area (Å²) < 4.78 is 5.24. The third kappa shape index (κ3) is 3.11. The molecule has 0 saturated carbocycles. The summed E-state index contributed by atoms with van der Waals surface area (Å²) in [5.41, 5.74) is 6.68. The number of benzene rings is 1. The molecule has 0 aliphatic heterocycles. The molecular formula is C11H17NO3. The number of hydrogen-bond acceptors (Lipinski definition) is 4. The van der Waals surface area contributed by atoms with Gasteiger partial charge in [-0.2, -0.15) is 0 Å². The second-order valence-electron chi connectivity index (χ2n) is 3.28. The van der Waals surface area contributed by atoms with Gasteiger partial charge in [-0.25, -0.2) is 0 Å². The molecule has 0 amide bonds. The van der Waals surface area contributed by atoms with Crippen molar-refractivity contribution in [1.82, 2.24) is 0 Å². The molecule has 0 fully saturated rings. The molecule has 1 aromatic carbocycles. The van der Waals surface area contributed by atoms with Gasteiger partial charge in [0.2, 0.25) is 0 Å². The summed E-state index contributed by atoms with van der Waals surface area (Å²) in [6.07, 6.45) is 0.496. The van der Waals surface area contributed by atoms with Crippen LogP contribution in [0.1, 0.15) is 24.9 Å². The Kier molecular flexibility index (Phi) is 4.39. The van der Waals surface area contributed by atoms with E-state index in [-0.39, 0.29) is 18.4 Å². The normalized spacial score (nSPS) is 12.5. The average Bonchev–Trinajstić information content (AvgIpc) is 2.22. The van der Waals surface area contributed by atoms with E-state index in [1.807, 2.05) is 6.92 Å². The number of rotatable bonds is 5. The lowest BCUT2D eigenvalue weighted by molar-refractivity contribution is 0.276. The molecule has 0 radical (unpaired) electrons. The number of aromatic hydroxyl groups is 1. The minimum Gasteiger partial charge on any atom is -0.504 e. The van der Waals surface area contributed by atoms with Gasteiger partial charge in [-0.3, -0.25) is 0 Å². The number of nitrogens with two attached hydrogens (primary N) is 1. The average molecular weight is 211 g/mol. The monoisotopic (exact) mass is 211 g/mol. The Morgan fingerprint density at radius 3 is 2.80 bits per heavy atom. The number of phenolic OH excluding ortho intramolecular Hbond substituents is 1. The van der Waals surface area contributed by atoms with Gasteiger partial charge in [-0.15, -0.1) is 0 Å². The van der Waals surface area contributed by atoms with E-state index in [1.54, 1.807) is 18.2 Å². The van der Waals surface area contributed by atoms with Crippen molar-refractivity contribution >= 4 is 0 Å². The second kappa shape index (κ2) is 5.58.